The molecule has 0 saturated carbocycles. The van der Waals surface area contributed by atoms with Crippen LogP contribution >= 0.6 is 0 Å². The molecule has 2 aromatic rings. The molecule has 96 valence electrons. The molecular formula is C12H17N5O. The first kappa shape index (κ1) is 12.5. The lowest BCUT2D eigenvalue weighted by molar-refractivity contribution is 0.414. The molecule has 1 unspecified atom stereocenters. The molecule has 0 aliphatic rings. The van der Waals surface area contributed by atoms with E-state index in [1.165, 1.54) is 0 Å². The molecule has 0 fully saturated rings. The third-order valence-electron chi connectivity index (χ3n) is 2.86. The van der Waals surface area contributed by atoms with Gasteiger partial charge in [0.1, 0.15) is 5.75 Å². The molecule has 0 spiro atoms. The molecule has 2 rings (SSSR count). The summed E-state index contributed by atoms with van der Waals surface area (Å²) in [6.07, 6.45) is 0. The lowest BCUT2D eigenvalue weighted by Gasteiger charge is -2.14. The van der Waals surface area contributed by atoms with Gasteiger partial charge in [-0.1, -0.05) is 12.1 Å². The normalized spacial score (nSPS) is 12.4. The number of tetrazole rings is 1. The van der Waals surface area contributed by atoms with Crippen molar-refractivity contribution in [1.29, 1.82) is 0 Å². The van der Waals surface area contributed by atoms with Crippen LogP contribution in [-0.2, 0) is 6.54 Å². The van der Waals surface area contributed by atoms with Gasteiger partial charge in [-0.25, -0.2) is 4.68 Å². The summed E-state index contributed by atoms with van der Waals surface area (Å²) in [6, 6.07) is 8.01. The number of rotatable bonds is 5. The number of hydrogen-bond acceptors (Lipinski definition) is 5. The lowest BCUT2D eigenvalue weighted by Crippen LogP contribution is -2.17. The first-order valence-electron chi connectivity index (χ1n) is 5.81. The van der Waals surface area contributed by atoms with Crippen molar-refractivity contribution >= 4 is 0 Å². The van der Waals surface area contributed by atoms with Gasteiger partial charge in [0, 0.05) is 0 Å². The van der Waals surface area contributed by atoms with E-state index in [1.54, 1.807) is 7.11 Å². The quantitative estimate of drug-likeness (QED) is 0.854. The molecule has 6 heteroatoms. The molecule has 0 aliphatic heterocycles. The Labute approximate surface area is 106 Å². The highest BCUT2D eigenvalue weighted by Crippen LogP contribution is 2.20. The Kier molecular flexibility index (Phi) is 3.88. The van der Waals surface area contributed by atoms with Crippen molar-refractivity contribution in [3.8, 4) is 5.75 Å². The predicted molar refractivity (Wildman–Crippen MR) is 67.4 cm³/mol. The summed E-state index contributed by atoms with van der Waals surface area (Å²) in [5.41, 5.74) is 1.14. The summed E-state index contributed by atoms with van der Waals surface area (Å²) in [4.78, 5) is 0. The third kappa shape index (κ3) is 2.48. The van der Waals surface area contributed by atoms with Crippen molar-refractivity contribution in [3.63, 3.8) is 0 Å². The molecule has 0 radical (unpaired) electrons. The van der Waals surface area contributed by atoms with Crippen molar-refractivity contribution in [1.82, 2.24) is 25.5 Å². The zero-order valence-electron chi connectivity index (χ0n) is 10.8. The second kappa shape index (κ2) is 5.59. The molecule has 0 bridgehead atoms. The van der Waals surface area contributed by atoms with Gasteiger partial charge in [0.2, 0.25) is 0 Å². The zero-order chi connectivity index (χ0) is 13.0. The van der Waals surface area contributed by atoms with Gasteiger partial charge in [0.05, 0.1) is 19.7 Å². The average molecular weight is 247 g/mol. The van der Waals surface area contributed by atoms with Crippen molar-refractivity contribution in [2.75, 3.05) is 14.2 Å². The number of nitrogens with zero attached hydrogens (tertiary/aromatic N) is 4. The fourth-order valence-electron chi connectivity index (χ4n) is 1.81. The van der Waals surface area contributed by atoms with Crippen LogP contribution in [0.5, 0.6) is 5.75 Å². The minimum atomic E-state index is 0.0919. The highest BCUT2D eigenvalue weighted by molar-refractivity contribution is 5.29. The summed E-state index contributed by atoms with van der Waals surface area (Å²) in [6.45, 7) is 2.71. The number of ether oxygens (including phenoxy) is 1. The molecular weight excluding hydrogens is 230 g/mol. The Balaban J connectivity index is 2.23. The van der Waals surface area contributed by atoms with Crippen molar-refractivity contribution < 1.29 is 4.74 Å². The van der Waals surface area contributed by atoms with Crippen molar-refractivity contribution in [3.05, 3.63) is 35.7 Å². The van der Waals surface area contributed by atoms with Gasteiger partial charge in [-0.2, -0.15) is 0 Å². The average Bonchev–Trinajstić information content (AvgIpc) is 2.87. The van der Waals surface area contributed by atoms with Crippen LogP contribution in [0.3, 0.4) is 0 Å². The van der Waals surface area contributed by atoms with Crippen LogP contribution in [0, 0.1) is 0 Å². The SMILES string of the molecule is CNCc1nnnn1C(C)c1ccc(OC)cc1. The molecule has 0 saturated heterocycles. The van der Waals surface area contributed by atoms with Crippen LogP contribution in [-0.4, -0.2) is 34.4 Å². The van der Waals surface area contributed by atoms with E-state index < -0.39 is 0 Å². The second-order valence-electron chi connectivity index (χ2n) is 4.02. The Hall–Kier alpha value is -1.95. The maximum Gasteiger partial charge on any atom is 0.165 e. The monoisotopic (exact) mass is 247 g/mol. The van der Waals surface area contributed by atoms with Gasteiger partial charge in [-0.05, 0) is 42.1 Å². The van der Waals surface area contributed by atoms with Crippen LogP contribution in [0.1, 0.15) is 24.4 Å². The molecule has 1 aromatic carbocycles. The van der Waals surface area contributed by atoms with E-state index in [4.69, 9.17) is 4.74 Å². The van der Waals surface area contributed by atoms with Gasteiger partial charge < -0.3 is 10.1 Å². The Morgan fingerprint density at radius 2 is 2.06 bits per heavy atom. The minimum Gasteiger partial charge on any atom is -0.497 e. The summed E-state index contributed by atoms with van der Waals surface area (Å²) < 4.78 is 6.96. The van der Waals surface area contributed by atoms with E-state index >= 15 is 0 Å². The largest absolute Gasteiger partial charge is 0.497 e. The fraction of sp³-hybridized carbons (Fsp3) is 0.417. The molecule has 1 heterocycles. The molecule has 18 heavy (non-hydrogen) atoms. The summed E-state index contributed by atoms with van der Waals surface area (Å²) in [7, 11) is 3.53. The van der Waals surface area contributed by atoms with E-state index in [-0.39, 0.29) is 6.04 Å². The predicted octanol–water partition coefficient (Wildman–Crippen LogP) is 1.01. The molecule has 6 nitrogen and oxygen atoms in total. The van der Waals surface area contributed by atoms with E-state index in [2.05, 4.69) is 27.8 Å². The Morgan fingerprint density at radius 1 is 1.33 bits per heavy atom. The number of methoxy groups -OCH3 is 1. The van der Waals surface area contributed by atoms with Gasteiger partial charge in [0.25, 0.3) is 0 Å². The first-order chi connectivity index (χ1) is 8.76. The summed E-state index contributed by atoms with van der Waals surface area (Å²) >= 11 is 0. The molecule has 1 N–H and O–H groups in total. The molecule has 1 aromatic heterocycles. The number of nitrogens with one attached hydrogen (secondary N) is 1. The van der Waals surface area contributed by atoms with Crippen LogP contribution in [0.2, 0.25) is 0 Å². The maximum absolute atomic E-state index is 5.14. The smallest absolute Gasteiger partial charge is 0.165 e. The number of aromatic nitrogens is 4. The van der Waals surface area contributed by atoms with Crippen LogP contribution in [0.4, 0.5) is 0 Å². The van der Waals surface area contributed by atoms with Crippen LogP contribution in [0.25, 0.3) is 0 Å². The second-order valence-corrected chi connectivity index (χ2v) is 4.02. The summed E-state index contributed by atoms with van der Waals surface area (Å²) in [5.74, 6) is 1.67. The third-order valence-corrected chi connectivity index (χ3v) is 2.86. The maximum atomic E-state index is 5.14. The first-order valence-corrected chi connectivity index (χ1v) is 5.81. The van der Waals surface area contributed by atoms with E-state index in [9.17, 15) is 0 Å². The van der Waals surface area contributed by atoms with Gasteiger partial charge >= 0.3 is 0 Å². The zero-order valence-corrected chi connectivity index (χ0v) is 10.8. The number of benzene rings is 1. The highest BCUT2D eigenvalue weighted by atomic mass is 16.5. The van der Waals surface area contributed by atoms with E-state index in [0.717, 1.165) is 17.1 Å². The fourth-order valence-corrected chi connectivity index (χ4v) is 1.81. The Bertz CT molecular complexity index is 493. The van der Waals surface area contributed by atoms with Gasteiger partial charge in [-0.3, -0.25) is 0 Å². The highest BCUT2D eigenvalue weighted by Gasteiger charge is 2.14. The molecule has 0 aliphatic carbocycles. The van der Waals surface area contributed by atoms with Gasteiger partial charge in [0.15, 0.2) is 5.82 Å². The molecule has 1 atom stereocenters. The van der Waals surface area contributed by atoms with E-state index in [1.807, 2.05) is 36.0 Å². The van der Waals surface area contributed by atoms with Crippen LogP contribution in [0.15, 0.2) is 24.3 Å². The van der Waals surface area contributed by atoms with Crippen LogP contribution < -0.4 is 10.1 Å². The molecule has 0 amide bonds. The van der Waals surface area contributed by atoms with Crippen molar-refractivity contribution in [2.45, 2.75) is 19.5 Å². The summed E-state index contributed by atoms with van der Waals surface area (Å²) in [5, 5.41) is 14.8. The van der Waals surface area contributed by atoms with E-state index in [0.29, 0.717) is 6.54 Å². The van der Waals surface area contributed by atoms with Gasteiger partial charge in [-0.15, -0.1) is 5.10 Å². The number of hydrogen-bond donors (Lipinski definition) is 1. The lowest BCUT2D eigenvalue weighted by atomic mass is 10.1. The minimum absolute atomic E-state index is 0.0919. The standard InChI is InChI=1S/C12H17N5O/c1-9(10-4-6-11(18-3)7-5-10)17-12(8-13-2)14-15-16-17/h4-7,9,13H,8H2,1-3H3. The van der Waals surface area contributed by atoms with Crippen molar-refractivity contribution in [2.24, 2.45) is 0 Å². The topological polar surface area (TPSA) is 64.9 Å². The Morgan fingerprint density at radius 3 is 2.67 bits per heavy atom.